The number of aliphatic hydroxyl groups is 2. The van der Waals surface area contributed by atoms with Crippen LogP contribution in [-0.2, 0) is 14.3 Å². The topological polar surface area (TPSA) is 87.1 Å². The van der Waals surface area contributed by atoms with Crippen LogP contribution in [0.4, 0.5) is 0 Å². The van der Waals surface area contributed by atoms with Crippen molar-refractivity contribution < 1.29 is 24.5 Å². The molecule has 0 aromatic rings. The fourth-order valence-electron chi connectivity index (χ4n) is 10.1. The number of allylic oxidation sites excluding steroid dienone is 1. The van der Waals surface area contributed by atoms with E-state index < -0.39 is 23.0 Å². The molecule has 1 heterocycles. The van der Waals surface area contributed by atoms with Gasteiger partial charge in [-0.2, -0.15) is 0 Å². The molecular formula is C30H46O5. The van der Waals surface area contributed by atoms with E-state index in [1.165, 1.54) is 5.57 Å². The van der Waals surface area contributed by atoms with Crippen molar-refractivity contribution in [3.8, 4) is 0 Å². The predicted molar refractivity (Wildman–Crippen MR) is 135 cm³/mol. The minimum absolute atomic E-state index is 0.00231. The second kappa shape index (κ2) is 7.74. The summed E-state index contributed by atoms with van der Waals surface area (Å²) in [6, 6.07) is 0. The van der Waals surface area contributed by atoms with Crippen LogP contribution in [0.25, 0.3) is 0 Å². The van der Waals surface area contributed by atoms with Gasteiger partial charge in [-0.3, -0.25) is 4.79 Å². The summed E-state index contributed by atoms with van der Waals surface area (Å²) in [6.07, 6.45) is 7.46. The van der Waals surface area contributed by atoms with Crippen LogP contribution in [0.15, 0.2) is 11.6 Å². The van der Waals surface area contributed by atoms with Crippen molar-refractivity contribution in [2.45, 2.75) is 117 Å². The fourth-order valence-corrected chi connectivity index (χ4v) is 10.1. The Morgan fingerprint density at radius 1 is 1.06 bits per heavy atom. The van der Waals surface area contributed by atoms with Crippen molar-refractivity contribution in [2.75, 3.05) is 0 Å². The van der Waals surface area contributed by atoms with Crippen LogP contribution in [0, 0.1) is 45.3 Å². The third-order valence-corrected chi connectivity index (χ3v) is 12.3. The van der Waals surface area contributed by atoms with Gasteiger partial charge in [0.05, 0.1) is 11.7 Å². The highest BCUT2D eigenvalue weighted by Crippen LogP contribution is 2.75. The first-order chi connectivity index (χ1) is 16.2. The molecule has 1 unspecified atom stereocenters. The predicted octanol–water partition coefficient (Wildman–Crippen LogP) is 4.88. The molecule has 0 aromatic carbocycles. The van der Waals surface area contributed by atoms with Crippen LogP contribution in [0.2, 0.25) is 0 Å². The van der Waals surface area contributed by atoms with E-state index in [0.717, 1.165) is 32.0 Å². The summed E-state index contributed by atoms with van der Waals surface area (Å²) < 4.78 is 5.67. The van der Waals surface area contributed by atoms with Gasteiger partial charge < -0.3 is 19.7 Å². The van der Waals surface area contributed by atoms with Crippen LogP contribution >= 0.6 is 0 Å². The van der Waals surface area contributed by atoms with Gasteiger partial charge in [0.25, 0.3) is 0 Å². The number of hydrogen-bond donors (Lipinski definition) is 2. The lowest BCUT2D eigenvalue weighted by molar-refractivity contribution is -0.231. The fraction of sp³-hybridized carbons (Fsp3) is 0.867. The van der Waals surface area contributed by atoms with Gasteiger partial charge >= 0.3 is 0 Å². The van der Waals surface area contributed by atoms with E-state index in [1.54, 1.807) is 0 Å². The molecule has 35 heavy (non-hydrogen) atoms. The minimum Gasteiger partial charge on any atom is -0.393 e. The number of rotatable bonds is 4. The SMILES string of the molecule is C/C(=C\[C@H](O)C1OC1(C)C)[C@H]1CC[C@]2(C)[C@@H]1C[C@@H](O)[C@@H]1[C@@]3(C=O)CCC(=O)C(C)(C)[C@@H]3CC[C@]12C. The number of Topliss-reactive ketones (excluding diaryl/α,β-unsaturated/α-hetero) is 1. The Bertz CT molecular complexity index is 950. The highest BCUT2D eigenvalue weighted by atomic mass is 16.6. The average Bonchev–Trinajstić information content (AvgIpc) is 3.28. The van der Waals surface area contributed by atoms with Crippen molar-refractivity contribution in [1.29, 1.82) is 0 Å². The van der Waals surface area contributed by atoms with Crippen molar-refractivity contribution in [3.63, 3.8) is 0 Å². The van der Waals surface area contributed by atoms with Gasteiger partial charge in [-0.15, -0.1) is 0 Å². The van der Waals surface area contributed by atoms with Gasteiger partial charge in [-0.25, -0.2) is 0 Å². The lowest BCUT2D eigenvalue weighted by atomic mass is 9.35. The van der Waals surface area contributed by atoms with Crippen LogP contribution in [-0.4, -0.2) is 46.2 Å². The van der Waals surface area contributed by atoms with E-state index in [1.807, 2.05) is 33.8 Å². The Morgan fingerprint density at radius 2 is 1.69 bits per heavy atom. The molecule has 0 bridgehead atoms. The Kier molecular flexibility index (Phi) is 5.66. The molecule has 5 aliphatic rings. The maximum atomic E-state index is 13.0. The van der Waals surface area contributed by atoms with Crippen molar-refractivity contribution in [2.24, 2.45) is 45.3 Å². The highest BCUT2D eigenvalue weighted by molar-refractivity contribution is 5.87. The van der Waals surface area contributed by atoms with Gasteiger partial charge in [0.2, 0.25) is 0 Å². The molecule has 1 saturated heterocycles. The molecular weight excluding hydrogens is 440 g/mol. The number of ketones is 1. The van der Waals surface area contributed by atoms with Crippen molar-refractivity contribution in [1.82, 2.24) is 0 Å². The number of fused-ring (bicyclic) bond motifs is 5. The van der Waals surface area contributed by atoms with E-state index in [0.29, 0.717) is 31.1 Å². The third-order valence-electron chi connectivity index (χ3n) is 12.3. The quantitative estimate of drug-likeness (QED) is 0.336. The summed E-state index contributed by atoms with van der Waals surface area (Å²) >= 11 is 0. The summed E-state index contributed by atoms with van der Waals surface area (Å²) in [5, 5.41) is 22.6. The molecule has 5 fully saturated rings. The number of ether oxygens (including phenoxy) is 1. The monoisotopic (exact) mass is 486 g/mol. The van der Waals surface area contributed by atoms with E-state index in [9.17, 15) is 19.8 Å². The van der Waals surface area contributed by atoms with E-state index in [4.69, 9.17) is 4.74 Å². The molecule has 0 amide bonds. The van der Waals surface area contributed by atoms with Crippen LogP contribution in [0.3, 0.4) is 0 Å². The summed E-state index contributed by atoms with van der Waals surface area (Å²) in [6.45, 7) is 14.9. The van der Waals surface area contributed by atoms with Gasteiger partial charge in [0, 0.05) is 23.2 Å². The van der Waals surface area contributed by atoms with Crippen molar-refractivity contribution >= 4 is 12.1 Å². The summed E-state index contributed by atoms with van der Waals surface area (Å²) in [7, 11) is 0. The molecule has 4 aliphatic carbocycles. The molecule has 5 nitrogen and oxygen atoms in total. The number of aldehydes is 1. The summed E-state index contributed by atoms with van der Waals surface area (Å²) in [5.41, 5.74) is -0.382. The molecule has 10 atom stereocenters. The zero-order valence-electron chi connectivity index (χ0n) is 22.8. The van der Waals surface area contributed by atoms with Gasteiger partial charge in [0.1, 0.15) is 24.3 Å². The number of epoxide rings is 1. The first kappa shape index (κ1) is 25.6. The molecule has 0 radical (unpaired) electrons. The molecule has 0 aromatic heterocycles. The normalized spacial score (nSPS) is 51.1. The molecule has 5 rings (SSSR count). The molecule has 196 valence electrons. The van der Waals surface area contributed by atoms with Crippen molar-refractivity contribution in [3.05, 3.63) is 11.6 Å². The Morgan fingerprint density at radius 3 is 2.29 bits per heavy atom. The zero-order valence-corrected chi connectivity index (χ0v) is 22.8. The molecule has 1 aliphatic heterocycles. The largest absolute Gasteiger partial charge is 0.393 e. The molecule has 2 N–H and O–H groups in total. The smallest absolute Gasteiger partial charge is 0.138 e. The molecule has 4 saturated carbocycles. The number of carbonyl (C=O) groups excluding carboxylic acids is 2. The average molecular weight is 487 g/mol. The van der Waals surface area contributed by atoms with Crippen LogP contribution in [0.5, 0.6) is 0 Å². The lowest BCUT2D eigenvalue weighted by Crippen LogP contribution is -2.68. The van der Waals surface area contributed by atoms with E-state index in [-0.39, 0.29) is 40.2 Å². The van der Waals surface area contributed by atoms with Crippen LogP contribution in [0.1, 0.15) is 93.4 Å². The Hall–Kier alpha value is -1.04. The summed E-state index contributed by atoms with van der Waals surface area (Å²) in [4.78, 5) is 25.9. The lowest BCUT2D eigenvalue weighted by Gasteiger charge is -2.69. The molecule has 5 heteroatoms. The number of carbonyl (C=O) groups is 2. The first-order valence-electron chi connectivity index (χ1n) is 13.9. The summed E-state index contributed by atoms with van der Waals surface area (Å²) in [5.74, 6) is 0.778. The molecule has 0 spiro atoms. The maximum absolute atomic E-state index is 13.0. The minimum atomic E-state index is -0.633. The second-order valence-electron chi connectivity index (χ2n) is 14.4. The zero-order chi connectivity index (χ0) is 25.8. The number of hydrogen-bond acceptors (Lipinski definition) is 5. The van der Waals surface area contributed by atoms with Gasteiger partial charge in [-0.1, -0.05) is 39.3 Å². The van der Waals surface area contributed by atoms with E-state index >= 15 is 0 Å². The number of aliphatic hydroxyl groups excluding tert-OH is 2. The first-order valence-corrected chi connectivity index (χ1v) is 13.9. The third kappa shape index (κ3) is 3.29. The standard InChI is InChI=1S/C30H46O5/c1-17(14-21(33)25-27(4,5)35-25)18-8-11-28(6)19(18)15-20(32)24-29(28,7)12-9-22-26(2,3)23(34)10-13-30(22,24)16-31/h14,16,18-22,24-25,32-33H,8-13,15H2,1-7H3/b17-14+/t18-,19-,20-,21+,22+,24+,25?,28-,29-,30-/m1/s1. The van der Waals surface area contributed by atoms with Gasteiger partial charge in [-0.05, 0) is 87.9 Å². The Labute approximate surface area is 211 Å². The van der Waals surface area contributed by atoms with E-state index in [2.05, 4.69) is 20.8 Å². The highest BCUT2D eigenvalue weighted by Gasteiger charge is 2.72. The second-order valence-corrected chi connectivity index (χ2v) is 14.4. The Balaban J connectivity index is 1.49. The van der Waals surface area contributed by atoms with Gasteiger partial charge in [0.15, 0.2) is 0 Å². The maximum Gasteiger partial charge on any atom is 0.138 e. The van der Waals surface area contributed by atoms with Crippen LogP contribution < -0.4 is 0 Å².